The molecular formula is C13H16BrN3O4. The van der Waals surface area contributed by atoms with Crippen LogP contribution >= 0.6 is 15.9 Å². The number of ether oxygens (including phenoxy) is 1. The molecule has 21 heavy (non-hydrogen) atoms. The van der Waals surface area contributed by atoms with Crippen LogP contribution in [0.5, 0.6) is 5.75 Å². The molecule has 1 saturated heterocycles. The fourth-order valence-electron chi connectivity index (χ4n) is 2.10. The lowest BCUT2D eigenvalue weighted by molar-refractivity contribution is -0.386. The SMILES string of the molecule is O=C(CCOc1c(Br)cccc1[N+](=O)[O-])N1CCNCC1. The van der Waals surface area contributed by atoms with Crippen LogP contribution in [0.25, 0.3) is 0 Å². The molecule has 1 heterocycles. The van der Waals surface area contributed by atoms with Crippen molar-refractivity contribution in [1.29, 1.82) is 0 Å². The monoisotopic (exact) mass is 357 g/mol. The number of benzene rings is 1. The van der Waals surface area contributed by atoms with Crippen LogP contribution in [0, 0.1) is 10.1 Å². The number of amides is 1. The first-order valence-corrected chi connectivity index (χ1v) is 7.43. The van der Waals surface area contributed by atoms with Crippen molar-refractivity contribution in [2.75, 3.05) is 32.8 Å². The Kier molecular flexibility index (Phi) is 5.51. The van der Waals surface area contributed by atoms with Crippen LogP contribution in [0.4, 0.5) is 5.69 Å². The number of piperazine rings is 1. The van der Waals surface area contributed by atoms with Crippen molar-refractivity contribution in [3.63, 3.8) is 0 Å². The normalized spacial score (nSPS) is 14.8. The molecule has 114 valence electrons. The first-order valence-electron chi connectivity index (χ1n) is 6.64. The summed E-state index contributed by atoms with van der Waals surface area (Å²) >= 11 is 3.23. The maximum atomic E-state index is 12.0. The van der Waals surface area contributed by atoms with E-state index < -0.39 is 4.92 Å². The molecule has 0 aliphatic carbocycles. The van der Waals surface area contributed by atoms with Gasteiger partial charge in [-0.3, -0.25) is 14.9 Å². The van der Waals surface area contributed by atoms with Gasteiger partial charge in [-0.1, -0.05) is 6.07 Å². The summed E-state index contributed by atoms with van der Waals surface area (Å²) in [4.78, 5) is 24.2. The van der Waals surface area contributed by atoms with Crippen molar-refractivity contribution in [3.05, 3.63) is 32.8 Å². The zero-order valence-electron chi connectivity index (χ0n) is 11.4. The molecule has 1 N–H and O–H groups in total. The highest BCUT2D eigenvalue weighted by molar-refractivity contribution is 9.10. The first-order chi connectivity index (χ1) is 10.1. The van der Waals surface area contributed by atoms with Crippen molar-refractivity contribution >= 4 is 27.5 Å². The average molecular weight is 358 g/mol. The number of nitrogens with zero attached hydrogens (tertiary/aromatic N) is 2. The molecule has 1 aromatic carbocycles. The molecule has 8 heteroatoms. The van der Waals surface area contributed by atoms with Crippen LogP contribution in [-0.2, 0) is 4.79 Å². The number of halogens is 1. The van der Waals surface area contributed by atoms with E-state index in [0.29, 0.717) is 17.6 Å². The van der Waals surface area contributed by atoms with Gasteiger partial charge in [0, 0.05) is 32.2 Å². The lowest BCUT2D eigenvalue weighted by Crippen LogP contribution is -2.46. The summed E-state index contributed by atoms with van der Waals surface area (Å²) in [7, 11) is 0. The highest BCUT2D eigenvalue weighted by Gasteiger charge is 2.20. The van der Waals surface area contributed by atoms with Crippen LogP contribution in [-0.4, -0.2) is 48.5 Å². The second-order valence-electron chi connectivity index (χ2n) is 4.57. The van der Waals surface area contributed by atoms with Crippen molar-refractivity contribution in [3.8, 4) is 5.75 Å². The van der Waals surface area contributed by atoms with Gasteiger partial charge in [-0.25, -0.2) is 0 Å². The van der Waals surface area contributed by atoms with Crippen LogP contribution in [0.3, 0.4) is 0 Å². The highest BCUT2D eigenvalue weighted by Crippen LogP contribution is 2.34. The van der Waals surface area contributed by atoms with E-state index in [2.05, 4.69) is 21.2 Å². The van der Waals surface area contributed by atoms with Gasteiger partial charge in [0.2, 0.25) is 11.7 Å². The third-order valence-corrected chi connectivity index (χ3v) is 3.80. The molecule has 0 spiro atoms. The van der Waals surface area contributed by atoms with E-state index >= 15 is 0 Å². The predicted molar refractivity (Wildman–Crippen MR) is 80.4 cm³/mol. The van der Waals surface area contributed by atoms with Gasteiger partial charge in [0.05, 0.1) is 22.4 Å². The summed E-state index contributed by atoms with van der Waals surface area (Å²) < 4.78 is 5.94. The van der Waals surface area contributed by atoms with Crippen LogP contribution in [0.1, 0.15) is 6.42 Å². The molecule has 0 aromatic heterocycles. The molecule has 7 nitrogen and oxygen atoms in total. The Hall–Kier alpha value is -1.67. The molecule has 1 aromatic rings. The molecule has 0 radical (unpaired) electrons. The van der Waals surface area contributed by atoms with Gasteiger partial charge in [0.25, 0.3) is 0 Å². The van der Waals surface area contributed by atoms with E-state index in [1.54, 1.807) is 17.0 Å². The highest BCUT2D eigenvalue weighted by atomic mass is 79.9. The van der Waals surface area contributed by atoms with Crippen molar-refractivity contribution in [2.45, 2.75) is 6.42 Å². The minimum atomic E-state index is -0.502. The van der Waals surface area contributed by atoms with Gasteiger partial charge in [-0.2, -0.15) is 0 Å². The summed E-state index contributed by atoms with van der Waals surface area (Å²) in [5.41, 5.74) is -0.112. The maximum Gasteiger partial charge on any atom is 0.312 e. The summed E-state index contributed by atoms with van der Waals surface area (Å²) in [5, 5.41) is 14.1. The second-order valence-corrected chi connectivity index (χ2v) is 5.43. The Morgan fingerprint density at radius 2 is 2.14 bits per heavy atom. The molecule has 1 fully saturated rings. The minimum Gasteiger partial charge on any atom is -0.485 e. The Morgan fingerprint density at radius 3 is 2.81 bits per heavy atom. The third-order valence-electron chi connectivity index (χ3n) is 3.17. The van der Waals surface area contributed by atoms with Crippen LogP contribution in [0.15, 0.2) is 22.7 Å². The molecule has 1 aliphatic heterocycles. The van der Waals surface area contributed by atoms with Crippen molar-refractivity contribution < 1.29 is 14.5 Å². The molecule has 0 saturated carbocycles. The number of hydrogen-bond acceptors (Lipinski definition) is 5. The van der Waals surface area contributed by atoms with Crippen molar-refractivity contribution in [1.82, 2.24) is 10.2 Å². The van der Waals surface area contributed by atoms with Crippen molar-refractivity contribution in [2.24, 2.45) is 0 Å². The van der Waals surface area contributed by atoms with E-state index in [9.17, 15) is 14.9 Å². The smallest absolute Gasteiger partial charge is 0.312 e. The number of rotatable bonds is 5. The summed E-state index contributed by atoms with van der Waals surface area (Å²) in [6.45, 7) is 3.08. The molecule has 0 atom stereocenters. The van der Waals surface area contributed by atoms with Crippen LogP contribution in [0.2, 0.25) is 0 Å². The third kappa shape index (κ3) is 4.15. The predicted octanol–water partition coefficient (Wildman–Crippen LogP) is 1.56. The summed E-state index contributed by atoms with van der Waals surface area (Å²) in [6.07, 6.45) is 0.207. The molecule has 0 bridgehead atoms. The molecular weight excluding hydrogens is 342 g/mol. The maximum absolute atomic E-state index is 12.0. The van der Waals surface area contributed by atoms with Crippen LogP contribution < -0.4 is 10.1 Å². The van der Waals surface area contributed by atoms with E-state index in [4.69, 9.17) is 4.74 Å². The minimum absolute atomic E-state index is 0.00575. The Bertz CT molecular complexity index is 532. The number of hydrogen-bond donors (Lipinski definition) is 1. The summed E-state index contributed by atoms with van der Waals surface area (Å²) in [6, 6.07) is 4.61. The van der Waals surface area contributed by atoms with Gasteiger partial charge in [0.15, 0.2) is 0 Å². The van der Waals surface area contributed by atoms with Gasteiger partial charge < -0.3 is 15.0 Å². The fourth-order valence-corrected chi connectivity index (χ4v) is 2.57. The van der Waals surface area contributed by atoms with E-state index in [1.165, 1.54) is 6.07 Å². The zero-order chi connectivity index (χ0) is 15.2. The quantitative estimate of drug-likeness (QED) is 0.638. The van der Waals surface area contributed by atoms with Gasteiger partial charge in [-0.15, -0.1) is 0 Å². The molecule has 2 rings (SSSR count). The number of carbonyl (C=O) groups is 1. The van der Waals surface area contributed by atoms with Gasteiger partial charge in [0.1, 0.15) is 0 Å². The molecule has 1 amide bonds. The Morgan fingerprint density at radius 1 is 1.43 bits per heavy atom. The van der Waals surface area contributed by atoms with E-state index in [1.807, 2.05) is 0 Å². The van der Waals surface area contributed by atoms with E-state index in [0.717, 1.165) is 13.1 Å². The number of nitrogens with one attached hydrogen (secondary N) is 1. The number of nitro benzene ring substituents is 1. The van der Waals surface area contributed by atoms with Gasteiger partial charge >= 0.3 is 5.69 Å². The number of nitro groups is 1. The standard InChI is InChI=1S/C13H16BrN3O4/c14-10-2-1-3-11(17(19)20)13(10)21-9-4-12(18)16-7-5-15-6-8-16/h1-3,15H,4-9H2. The lowest BCUT2D eigenvalue weighted by Gasteiger charge is -2.27. The Labute approximate surface area is 130 Å². The van der Waals surface area contributed by atoms with Gasteiger partial charge in [-0.05, 0) is 22.0 Å². The lowest BCUT2D eigenvalue weighted by atomic mass is 10.3. The molecule has 0 unspecified atom stereocenters. The first kappa shape index (κ1) is 15.7. The second kappa shape index (κ2) is 7.37. The molecule has 1 aliphatic rings. The fraction of sp³-hybridized carbons (Fsp3) is 0.462. The average Bonchev–Trinajstić information content (AvgIpc) is 2.49. The number of carbonyl (C=O) groups excluding carboxylic acids is 1. The largest absolute Gasteiger partial charge is 0.485 e. The Balaban J connectivity index is 1.91. The topological polar surface area (TPSA) is 84.7 Å². The zero-order valence-corrected chi connectivity index (χ0v) is 13.0. The number of para-hydroxylation sites is 1. The summed E-state index contributed by atoms with van der Waals surface area (Å²) in [5.74, 6) is 0.168. The van der Waals surface area contributed by atoms with E-state index in [-0.39, 0.29) is 30.4 Å².